The van der Waals surface area contributed by atoms with Gasteiger partial charge in [0.15, 0.2) is 0 Å². The Hall–Kier alpha value is -0.650. The molecule has 0 aromatic heterocycles. The van der Waals surface area contributed by atoms with Crippen LogP contribution in [0.5, 0.6) is 0 Å². The van der Waals surface area contributed by atoms with Crippen molar-refractivity contribution in [2.24, 2.45) is 0 Å². The van der Waals surface area contributed by atoms with Gasteiger partial charge in [0.25, 0.3) is 0 Å². The zero-order valence-electron chi connectivity index (χ0n) is 11.0. The molecule has 1 amide bonds. The van der Waals surface area contributed by atoms with E-state index in [1.165, 1.54) is 6.07 Å². The van der Waals surface area contributed by atoms with Crippen molar-refractivity contribution in [3.05, 3.63) is 34.1 Å². The maximum atomic E-state index is 13.1. The normalized spacial score (nSPS) is 11.6. The first-order valence-corrected chi connectivity index (χ1v) is 6.70. The zero-order chi connectivity index (χ0) is 13.5. The molecule has 3 nitrogen and oxygen atoms in total. The van der Waals surface area contributed by atoms with Gasteiger partial charge in [-0.2, -0.15) is 0 Å². The molecular formula is C13H19BrClFN2O. The number of halogens is 3. The molecule has 1 aromatic rings. The molecule has 0 aliphatic carbocycles. The molecule has 0 fully saturated rings. The Bertz CT molecular complexity index is 418. The molecule has 0 aliphatic heterocycles. The Morgan fingerprint density at radius 3 is 2.74 bits per heavy atom. The Morgan fingerprint density at radius 1 is 1.47 bits per heavy atom. The molecule has 1 rings (SSSR count). The molecule has 0 heterocycles. The van der Waals surface area contributed by atoms with Gasteiger partial charge in [0, 0.05) is 19.0 Å². The number of hydrogen-bond donors (Lipinski definition) is 2. The standard InChI is InChI=1S/C13H18BrFN2O.ClH/c1-9(17-13(18)5-6-16-2)7-10-3-4-12(15)11(14)8-10;/h3-4,8-9,16H,5-7H2,1-2H3,(H,17,18);1H. The van der Waals surface area contributed by atoms with Crippen molar-refractivity contribution in [2.75, 3.05) is 13.6 Å². The summed E-state index contributed by atoms with van der Waals surface area (Å²) in [6.45, 7) is 2.61. The first-order valence-electron chi connectivity index (χ1n) is 5.91. The largest absolute Gasteiger partial charge is 0.353 e. The van der Waals surface area contributed by atoms with E-state index in [9.17, 15) is 9.18 Å². The molecule has 1 unspecified atom stereocenters. The monoisotopic (exact) mass is 352 g/mol. The molecule has 0 radical (unpaired) electrons. The molecule has 1 atom stereocenters. The molecule has 0 aliphatic rings. The summed E-state index contributed by atoms with van der Waals surface area (Å²) in [5, 5.41) is 5.84. The highest BCUT2D eigenvalue weighted by Crippen LogP contribution is 2.17. The smallest absolute Gasteiger partial charge is 0.221 e. The van der Waals surface area contributed by atoms with Crippen LogP contribution in [-0.2, 0) is 11.2 Å². The van der Waals surface area contributed by atoms with Gasteiger partial charge in [0.2, 0.25) is 5.91 Å². The van der Waals surface area contributed by atoms with Crippen molar-refractivity contribution in [1.29, 1.82) is 0 Å². The quantitative estimate of drug-likeness (QED) is 0.825. The van der Waals surface area contributed by atoms with Gasteiger partial charge in [0.1, 0.15) is 5.82 Å². The minimum Gasteiger partial charge on any atom is -0.353 e. The fourth-order valence-corrected chi connectivity index (χ4v) is 2.08. The highest BCUT2D eigenvalue weighted by atomic mass is 79.9. The van der Waals surface area contributed by atoms with Crippen LogP contribution in [0.1, 0.15) is 18.9 Å². The average Bonchev–Trinajstić information content (AvgIpc) is 2.31. The van der Waals surface area contributed by atoms with Gasteiger partial charge in [0.05, 0.1) is 4.47 Å². The molecule has 1 aromatic carbocycles. The Balaban J connectivity index is 0.00000324. The van der Waals surface area contributed by atoms with Crippen LogP contribution in [0.25, 0.3) is 0 Å². The third-order valence-electron chi connectivity index (χ3n) is 2.54. The number of rotatable bonds is 6. The summed E-state index contributed by atoms with van der Waals surface area (Å²) in [6, 6.07) is 4.93. The summed E-state index contributed by atoms with van der Waals surface area (Å²) in [6.07, 6.45) is 1.15. The lowest BCUT2D eigenvalue weighted by Gasteiger charge is -2.14. The van der Waals surface area contributed by atoms with Crippen LogP contribution in [0, 0.1) is 5.82 Å². The van der Waals surface area contributed by atoms with Crippen LogP contribution < -0.4 is 10.6 Å². The highest BCUT2D eigenvalue weighted by Gasteiger charge is 2.09. The SMILES string of the molecule is CNCCC(=O)NC(C)Cc1ccc(F)c(Br)c1.Cl. The van der Waals surface area contributed by atoms with E-state index in [2.05, 4.69) is 26.6 Å². The van der Waals surface area contributed by atoms with Crippen LogP contribution in [0.15, 0.2) is 22.7 Å². The lowest BCUT2D eigenvalue weighted by Crippen LogP contribution is -2.35. The van der Waals surface area contributed by atoms with Crippen LogP contribution in [0.3, 0.4) is 0 Å². The van der Waals surface area contributed by atoms with Crippen LogP contribution in [0.4, 0.5) is 4.39 Å². The van der Waals surface area contributed by atoms with Gasteiger partial charge in [-0.15, -0.1) is 12.4 Å². The summed E-state index contributed by atoms with van der Waals surface area (Å²) in [4.78, 5) is 11.5. The third-order valence-corrected chi connectivity index (χ3v) is 3.14. The van der Waals surface area contributed by atoms with Crippen molar-refractivity contribution in [2.45, 2.75) is 25.8 Å². The van der Waals surface area contributed by atoms with E-state index in [1.54, 1.807) is 12.1 Å². The second-order valence-electron chi connectivity index (χ2n) is 4.27. The van der Waals surface area contributed by atoms with E-state index in [0.29, 0.717) is 23.9 Å². The summed E-state index contributed by atoms with van der Waals surface area (Å²) < 4.78 is 13.5. The second-order valence-corrected chi connectivity index (χ2v) is 5.13. The van der Waals surface area contributed by atoms with Crippen molar-refractivity contribution in [3.63, 3.8) is 0 Å². The molecule has 0 spiro atoms. The maximum absolute atomic E-state index is 13.1. The molecular weight excluding hydrogens is 335 g/mol. The first-order chi connectivity index (χ1) is 8.52. The van der Waals surface area contributed by atoms with Gasteiger partial charge < -0.3 is 10.6 Å². The van der Waals surface area contributed by atoms with E-state index in [0.717, 1.165) is 5.56 Å². The number of carbonyl (C=O) groups is 1. The van der Waals surface area contributed by atoms with Gasteiger partial charge >= 0.3 is 0 Å². The lowest BCUT2D eigenvalue weighted by atomic mass is 10.1. The average molecular weight is 354 g/mol. The predicted molar refractivity (Wildman–Crippen MR) is 81.2 cm³/mol. The Labute approximate surface area is 127 Å². The van der Waals surface area contributed by atoms with Crippen LogP contribution in [-0.4, -0.2) is 25.5 Å². The molecule has 2 N–H and O–H groups in total. The molecule has 6 heteroatoms. The summed E-state index contributed by atoms with van der Waals surface area (Å²) in [5.41, 5.74) is 0.990. The summed E-state index contributed by atoms with van der Waals surface area (Å²) in [7, 11) is 1.81. The van der Waals surface area contributed by atoms with Crippen molar-refractivity contribution in [3.8, 4) is 0 Å². The van der Waals surface area contributed by atoms with Crippen LogP contribution >= 0.6 is 28.3 Å². The lowest BCUT2D eigenvalue weighted by molar-refractivity contribution is -0.121. The Morgan fingerprint density at radius 2 is 2.16 bits per heavy atom. The number of amides is 1. The fourth-order valence-electron chi connectivity index (χ4n) is 1.66. The number of carbonyl (C=O) groups excluding carboxylic acids is 1. The molecule has 0 saturated heterocycles. The number of hydrogen-bond acceptors (Lipinski definition) is 2. The van der Waals surface area contributed by atoms with E-state index in [4.69, 9.17) is 0 Å². The molecule has 19 heavy (non-hydrogen) atoms. The van der Waals surface area contributed by atoms with E-state index >= 15 is 0 Å². The molecule has 0 saturated carbocycles. The third kappa shape index (κ3) is 6.89. The first kappa shape index (κ1) is 18.4. The maximum Gasteiger partial charge on any atom is 0.221 e. The van der Waals surface area contributed by atoms with E-state index < -0.39 is 0 Å². The van der Waals surface area contributed by atoms with Gasteiger partial charge in [-0.25, -0.2) is 4.39 Å². The van der Waals surface area contributed by atoms with E-state index in [-0.39, 0.29) is 30.2 Å². The zero-order valence-corrected chi connectivity index (χ0v) is 13.4. The molecule has 0 bridgehead atoms. The van der Waals surface area contributed by atoms with Gasteiger partial charge in [-0.05, 0) is 54.0 Å². The van der Waals surface area contributed by atoms with Crippen molar-refractivity contribution >= 4 is 34.2 Å². The van der Waals surface area contributed by atoms with Gasteiger partial charge in [-0.1, -0.05) is 6.07 Å². The summed E-state index contributed by atoms with van der Waals surface area (Å²) in [5.74, 6) is -0.248. The van der Waals surface area contributed by atoms with Crippen molar-refractivity contribution in [1.82, 2.24) is 10.6 Å². The minimum atomic E-state index is -0.274. The number of benzene rings is 1. The Kier molecular flexibility index (Phi) is 8.97. The second kappa shape index (κ2) is 9.28. The fraction of sp³-hybridized carbons (Fsp3) is 0.462. The van der Waals surface area contributed by atoms with Gasteiger partial charge in [-0.3, -0.25) is 4.79 Å². The minimum absolute atomic E-state index is 0. The topological polar surface area (TPSA) is 41.1 Å². The molecule has 108 valence electrons. The van der Waals surface area contributed by atoms with Crippen molar-refractivity contribution < 1.29 is 9.18 Å². The number of nitrogens with one attached hydrogen (secondary N) is 2. The van der Waals surface area contributed by atoms with Crippen LogP contribution in [0.2, 0.25) is 0 Å². The predicted octanol–water partition coefficient (Wildman–Crippen LogP) is 2.67. The van der Waals surface area contributed by atoms with E-state index in [1.807, 2.05) is 14.0 Å². The summed E-state index contributed by atoms with van der Waals surface area (Å²) >= 11 is 3.15. The highest BCUT2D eigenvalue weighted by molar-refractivity contribution is 9.10.